The number of benzene rings is 2. The molecule has 0 unspecified atom stereocenters. The van der Waals surface area contributed by atoms with Crippen LogP contribution in [0, 0.1) is 0 Å². The van der Waals surface area contributed by atoms with E-state index in [4.69, 9.17) is 21.1 Å². The summed E-state index contributed by atoms with van der Waals surface area (Å²) in [5, 5.41) is 0.539. The number of hydrogen-bond donors (Lipinski definition) is 0. The van der Waals surface area contributed by atoms with Crippen LogP contribution in [0.3, 0.4) is 0 Å². The van der Waals surface area contributed by atoms with E-state index in [1.54, 1.807) is 24.3 Å². The van der Waals surface area contributed by atoms with Gasteiger partial charge < -0.3 is 9.47 Å². The summed E-state index contributed by atoms with van der Waals surface area (Å²) in [6, 6.07) is 11.0. The Hall–Kier alpha value is -2.09. The van der Waals surface area contributed by atoms with Crippen LogP contribution in [-0.4, -0.2) is 39.9 Å². The van der Waals surface area contributed by atoms with Crippen molar-refractivity contribution in [2.75, 3.05) is 21.2 Å². The lowest BCUT2D eigenvalue weighted by Crippen LogP contribution is -2.23. The van der Waals surface area contributed by atoms with Crippen molar-refractivity contribution in [3.63, 3.8) is 0 Å². The summed E-state index contributed by atoms with van der Waals surface area (Å²) in [7, 11) is 0.400. The van der Waals surface area contributed by atoms with Gasteiger partial charge in [0.05, 0.1) is 12.7 Å². The molecule has 0 fully saturated rings. The number of halogens is 1. The number of rotatable bonds is 6. The molecule has 25 heavy (non-hydrogen) atoms. The normalized spacial score (nSPS) is 11.4. The molecule has 0 aliphatic rings. The standard InChI is InChI=1S/C17H18ClNO5S/c1-19(2)25(21,22)16-10-13(7-8-15(16)23-3)17(20)24-11-12-5-4-6-14(18)9-12/h4-10H,11H2,1-3H3. The number of methoxy groups -OCH3 is 1. The van der Waals surface area contributed by atoms with E-state index in [1.807, 2.05) is 0 Å². The van der Waals surface area contributed by atoms with Crippen molar-refractivity contribution in [2.45, 2.75) is 11.5 Å². The minimum Gasteiger partial charge on any atom is -0.495 e. The van der Waals surface area contributed by atoms with Crippen molar-refractivity contribution in [2.24, 2.45) is 0 Å². The first kappa shape index (κ1) is 19.2. The van der Waals surface area contributed by atoms with E-state index >= 15 is 0 Å². The molecule has 0 aliphatic heterocycles. The van der Waals surface area contributed by atoms with Gasteiger partial charge in [-0.05, 0) is 35.9 Å². The fourth-order valence-corrected chi connectivity index (χ4v) is 3.35. The van der Waals surface area contributed by atoms with E-state index in [2.05, 4.69) is 0 Å². The third-order valence-corrected chi connectivity index (χ3v) is 5.49. The predicted molar refractivity (Wildman–Crippen MR) is 94.4 cm³/mol. The zero-order valence-corrected chi connectivity index (χ0v) is 15.6. The molecule has 0 saturated heterocycles. The van der Waals surface area contributed by atoms with E-state index in [1.165, 1.54) is 39.4 Å². The number of ether oxygens (including phenoxy) is 2. The molecule has 0 spiro atoms. The Balaban J connectivity index is 2.26. The molecule has 0 bridgehead atoms. The lowest BCUT2D eigenvalue weighted by atomic mass is 10.2. The zero-order valence-electron chi connectivity index (χ0n) is 14.0. The van der Waals surface area contributed by atoms with Crippen LogP contribution in [0.15, 0.2) is 47.4 Å². The van der Waals surface area contributed by atoms with Gasteiger partial charge in [0.15, 0.2) is 0 Å². The Morgan fingerprint density at radius 2 is 1.88 bits per heavy atom. The summed E-state index contributed by atoms with van der Waals surface area (Å²) in [6.45, 7) is 0.0290. The summed E-state index contributed by atoms with van der Waals surface area (Å²) in [5.41, 5.74) is 0.846. The largest absolute Gasteiger partial charge is 0.495 e. The fraction of sp³-hybridized carbons (Fsp3) is 0.235. The molecular formula is C17H18ClNO5S. The van der Waals surface area contributed by atoms with E-state index in [0.717, 1.165) is 9.87 Å². The highest BCUT2D eigenvalue weighted by molar-refractivity contribution is 7.89. The third kappa shape index (κ3) is 4.50. The van der Waals surface area contributed by atoms with Gasteiger partial charge in [-0.2, -0.15) is 0 Å². The van der Waals surface area contributed by atoms with Gasteiger partial charge in [-0.1, -0.05) is 23.7 Å². The van der Waals surface area contributed by atoms with Crippen LogP contribution < -0.4 is 4.74 Å². The number of sulfonamides is 1. The summed E-state index contributed by atoms with van der Waals surface area (Å²) in [6.07, 6.45) is 0. The fourth-order valence-electron chi connectivity index (χ4n) is 2.06. The number of nitrogens with zero attached hydrogens (tertiary/aromatic N) is 1. The number of carbonyl (C=O) groups excluding carboxylic acids is 1. The molecule has 2 aromatic carbocycles. The second-order valence-electron chi connectivity index (χ2n) is 5.36. The van der Waals surface area contributed by atoms with Crippen molar-refractivity contribution in [1.29, 1.82) is 0 Å². The molecular weight excluding hydrogens is 366 g/mol. The van der Waals surface area contributed by atoms with Crippen LogP contribution in [0.1, 0.15) is 15.9 Å². The Bertz CT molecular complexity index is 880. The van der Waals surface area contributed by atoms with Gasteiger partial charge in [0.25, 0.3) is 0 Å². The molecule has 2 rings (SSSR count). The minimum atomic E-state index is -3.77. The van der Waals surface area contributed by atoms with Gasteiger partial charge in [-0.15, -0.1) is 0 Å². The van der Waals surface area contributed by atoms with Crippen LogP contribution in [0.2, 0.25) is 5.02 Å². The lowest BCUT2D eigenvalue weighted by molar-refractivity contribution is 0.0472. The predicted octanol–water partition coefficient (Wildman–Crippen LogP) is 2.96. The highest BCUT2D eigenvalue weighted by atomic mass is 35.5. The minimum absolute atomic E-state index is 0.0290. The van der Waals surface area contributed by atoms with Crippen molar-refractivity contribution >= 4 is 27.6 Å². The first-order valence-electron chi connectivity index (χ1n) is 7.28. The molecule has 6 nitrogen and oxygen atoms in total. The van der Waals surface area contributed by atoms with Gasteiger partial charge >= 0.3 is 5.97 Å². The molecule has 0 radical (unpaired) electrons. The van der Waals surface area contributed by atoms with E-state index in [9.17, 15) is 13.2 Å². The average Bonchev–Trinajstić information content (AvgIpc) is 2.59. The first-order chi connectivity index (χ1) is 11.8. The van der Waals surface area contributed by atoms with Crippen molar-refractivity contribution in [1.82, 2.24) is 4.31 Å². The second-order valence-corrected chi connectivity index (χ2v) is 7.92. The number of carbonyl (C=O) groups is 1. The summed E-state index contributed by atoms with van der Waals surface area (Å²) in [4.78, 5) is 12.1. The zero-order chi connectivity index (χ0) is 18.6. The maximum Gasteiger partial charge on any atom is 0.338 e. The number of hydrogen-bond acceptors (Lipinski definition) is 5. The Kier molecular flexibility index (Phi) is 6.05. The van der Waals surface area contributed by atoms with Crippen LogP contribution in [-0.2, 0) is 21.4 Å². The quantitative estimate of drug-likeness (QED) is 0.717. The van der Waals surface area contributed by atoms with Crippen LogP contribution in [0.4, 0.5) is 0 Å². The molecule has 0 aromatic heterocycles. The number of esters is 1. The van der Waals surface area contributed by atoms with Crippen molar-refractivity contribution < 1.29 is 22.7 Å². The molecule has 134 valence electrons. The van der Waals surface area contributed by atoms with Crippen LogP contribution >= 0.6 is 11.6 Å². The highest BCUT2D eigenvalue weighted by Crippen LogP contribution is 2.27. The average molecular weight is 384 g/mol. The molecule has 8 heteroatoms. The summed E-state index contributed by atoms with van der Waals surface area (Å²) in [5.74, 6) is -0.488. The van der Waals surface area contributed by atoms with E-state index in [-0.39, 0.29) is 22.8 Å². The lowest BCUT2D eigenvalue weighted by Gasteiger charge is -2.15. The summed E-state index contributed by atoms with van der Waals surface area (Å²) < 4.78 is 36.1. The molecule has 0 aliphatic carbocycles. The molecule has 0 saturated carbocycles. The van der Waals surface area contributed by atoms with Crippen LogP contribution in [0.5, 0.6) is 5.75 Å². The highest BCUT2D eigenvalue weighted by Gasteiger charge is 2.24. The van der Waals surface area contributed by atoms with Gasteiger partial charge in [0, 0.05) is 19.1 Å². The molecule has 0 N–H and O–H groups in total. The Morgan fingerprint density at radius 1 is 1.16 bits per heavy atom. The van der Waals surface area contributed by atoms with Gasteiger partial charge in [-0.3, -0.25) is 0 Å². The maximum atomic E-state index is 12.4. The van der Waals surface area contributed by atoms with Gasteiger partial charge in [0.2, 0.25) is 10.0 Å². The van der Waals surface area contributed by atoms with Crippen molar-refractivity contribution in [3.05, 3.63) is 58.6 Å². The van der Waals surface area contributed by atoms with Gasteiger partial charge in [-0.25, -0.2) is 17.5 Å². The summed E-state index contributed by atoms with van der Waals surface area (Å²) >= 11 is 5.89. The molecule has 0 amide bonds. The Morgan fingerprint density at radius 3 is 2.48 bits per heavy atom. The monoisotopic (exact) mass is 383 g/mol. The van der Waals surface area contributed by atoms with Crippen LogP contribution in [0.25, 0.3) is 0 Å². The first-order valence-corrected chi connectivity index (χ1v) is 9.09. The van der Waals surface area contributed by atoms with E-state index in [0.29, 0.717) is 5.02 Å². The van der Waals surface area contributed by atoms with Crippen molar-refractivity contribution in [3.8, 4) is 5.75 Å². The van der Waals surface area contributed by atoms with E-state index < -0.39 is 16.0 Å². The molecule has 0 heterocycles. The topological polar surface area (TPSA) is 72.9 Å². The smallest absolute Gasteiger partial charge is 0.338 e. The second kappa shape index (κ2) is 7.86. The molecule has 0 atom stereocenters. The third-order valence-electron chi connectivity index (χ3n) is 3.42. The molecule has 2 aromatic rings. The maximum absolute atomic E-state index is 12.4. The SMILES string of the molecule is COc1ccc(C(=O)OCc2cccc(Cl)c2)cc1S(=O)(=O)N(C)C. The Labute approximate surface area is 152 Å². The van der Waals surface area contributed by atoms with Gasteiger partial charge in [0.1, 0.15) is 17.3 Å².